The summed E-state index contributed by atoms with van der Waals surface area (Å²) in [6, 6.07) is 12.3. The zero-order chi connectivity index (χ0) is 18.3. The molecule has 0 atom stereocenters. The highest BCUT2D eigenvalue weighted by Crippen LogP contribution is 2.37. The maximum Gasteiger partial charge on any atom is 0.236 e. The minimum absolute atomic E-state index is 0.140. The summed E-state index contributed by atoms with van der Waals surface area (Å²) < 4.78 is 27.6. The minimum atomic E-state index is -3.61. The minimum Gasteiger partial charge on any atom is -0.312 e. The van der Waals surface area contributed by atoms with E-state index in [2.05, 4.69) is 4.72 Å². The fourth-order valence-electron chi connectivity index (χ4n) is 3.26. The van der Waals surface area contributed by atoms with Crippen LogP contribution in [0.2, 0.25) is 5.02 Å². The Morgan fingerprint density at radius 3 is 2.69 bits per heavy atom. The van der Waals surface area contributed by atoms with Crippen molar-refractivity contribution in [3.05, 3.63) is 58.6 Å². The second kappa shape index (κ2) is 6.59. The van der Waals surface area contributed by atoms with Gasteiger partial charge in [0.05, 0.1) is 11.4 Å². The highest BCUT2D eigenvalue weighted by atomic mass is 35.5. The van der Waals surface area contributed by atoms with Crippen molar-refractivity contribution in [3.8, 4) is 0 Å². The number of nitrogens with one attached hydrogen (secondary N) is 1. The van der Waals surface area contributed by atoms with E-state index in [1.807, 2.05) is 6.07 Å². The van der Waals surface area contributed by atoms with E-state index in [9.17, 15) is 13.2 Å². The second-order valence-electron chi connectivity index (χ2n) is 6.81. The van der Waals surface area contributed by atoms with Gasteiger partial charge in [0, 0.05) is 23.2 Å². The molecule has 1 amide bonds. The van der Waals surface area contributed by atoms with E-state index >= 15 is 0 Å². The van der Waals surface area contributed by atoms with Gasteiger partial charge in [-0.3, -0.25) is 9.52 Å². The van der Waals surface area contributed by atoms with Crippen LogP contribution in [-0.4, -0.2) is 20.9 Å². The standard InChI is InChI=1S/C19H19ClN2O3S/c20-17-4-2-1-3-15(17)12-26(24,25)21-16-8-7-13-9-10-22(18(13)11-16)19(23)14-5-6-14/h1-4,7-8,11,14,21H,5-6,9-10,12H2. The van der Waals surface area contributed by atoms with Gasteiger partial charge in [0.2, 0.25) is 15.9 Å². The van der Waals surface area contributed by atoms with Gasteiger partial charge >= 0.3 is 0 Å². The lowest BCUT2D eigenvalue weighted by Crippen LogP contribution is -2.30. The summed E-state index contributed by atoms with van der Waals surface area (Å²) in [5.74, 6) is 0.0930. The van der Waals surface area contributed by atoms with Gasteiger partial charge in [0.25, 0.3) is 0 Å². The summed E-state index contributed by atoms with van der Waals surface area (Å²) in [6.07, 6.45) is 2.71. The number of benzene rings is 2. The fourth-order valence-corrected chi connectivity index (χ4v) is 4.76. The van der Waals surface area contributed by atoms with Crippen LogP contribution >= 0.6 is 11.6 Å². The molecule has 1 heterocycles. The van der Waals surface area contributed by atoms with Crippen molar-refractivity contribution in [1.82, 2.24) is 0 Å². The number of amides is 1. The van der Waals surface area contributed by atoms with Crippen LogP contribution in [0.15, 0.2) is 42.5 Å². The van der Waals surface area contributed by atoms with Gasteiger partial charge in [-0.1, -0.05) is 35.9 Å². The van der Waals surface area contributed by atoms with E-state index in [4.69, 9.17) is 11.6 Å². The third-order valence-electron chi connectivity index (χ3n) is 4.75. The van der Waals surface area contributed by atoms with Crippen LogP contribution in [-0.2, 0) is 27.0 Å². The lowest BCUT2D eigenvalue weighted by Gasteiger charge is -2.18. The van der Waals surface area contributed by atoms with E-state index in [0.29, 0.717) is 22.8 Å². The monoisotopic (exact) mass is 390 g/mol. The highest BCUT2D eigenvalue weighted by molar-refractivity contribution is 7.91. The van der Waals surface area contributed by atoms with E-state index in [0.717, 1.165) is 30.5 Å². The number of carbonyl (C=O) groups excluding carboxylic acids is 1. The van der Waals surface area contributed by atoms with Gasteiger partial charge in [-0.2, -0.15) is 0 Å². The van der Waals surface area contributed by atoms with Gasteiger partial charge in [-0.05, 0) is 48.6 Å². The van der Waals surface area contributed by atoms with Crippen molar-refractivity contribution in [2.75, 3.05) is 16.2 Å². The zero-order valence-electron chi connectivity index (χ0n) is 14.1. The Hall–Kier alpha value is -2.05. The molecule has 0 aromatic heterocycles. The predicted molar refractivity (Wildman–Crippen MR) is 103 cm³/mol. The van der Waals surface area contributed by atoms with Crippen molar-refractivity contribution in [2.24, 2.45) is 5.92 Å². The Morgan fingerprint density at radius 1 is 1.19 bits per heavy atom. The molecule has 0 radical (unpaired) electrons. The molecule has 0 saturated heterocycles. The quantitative estimate of drug-likeness (QED) is 0.848. The lowest BCUT2D eigenvalue weighted by molar-refractivity contribution is -0.119. The SMILES string of the molecule is O=C(C1CC1)N1CCc2ccc(NS(=O)(=O)Cc3ccccc3Cl)cc21. The van der Waals surface area contributed by atoms with Crippen LogP contribution in [0.1, 0.15) is 24.0 Å². The molecular weight excluding hydrogens is 372 g/mol. The van der Waals surface area contributed by atoms with Crippen LogP contribution < -0.4 is 9.62 Å². The van der Waals surface area contributed by atoms with Crippen LogP contribution in [0, 0.1) is 5.92 Å². The van der Waals surface area contributed by atoms with Gasteiger partial charge in [-0.15, -0.1) is 0 Å². The average Bonchev–Trinajstić information content (AvgIpc) is 3.36. The van der Waals surface area contributed by atoms with E-state index < -0.39 is 10.0 Å². The van der Waals surface area contributed by atoms with Crippen molar-refractivity contribution < 1.29 is 13.2 Å². The average molecular weight is 391 g/mol. The molecule has 0 bridgehead atoms. The van der Waals surface area contributed by atoms with Crippen LogP contribution in [0.4, 0.5) is 11.4 Å². The van der Waals surface area contributed by atoms with Gasteiger partial charge in [-0.25, -0.2) is 8.42 Å². The Labute approximate surface area is 158 Å². The van der Waals surface area contributed by atoms with Gasteiger partial charge < -0.3 is 4.90 Å². The maximum atomic E-state index is 12.5. The smallest absolute Gasteiger partial charge is 0.236 e. The van der Waals surface area contributed by atoms with Crippen molar-refractivity contribution in [1.29, 1.82) is 0 Å². The first-order valence-electron chi connectivity index (χ1n) is 8.61. The molecule has 0 spiro atoms. The summed E-state index contributed by atoms with van der Waals surface area (Å²) >= 11 is 6.06. The topological polar surface area (TPSA) is 66.5 Å². The Kier molecular flexibility index (Phi) is 4.40. The fraction of sp³-hybridized carbons (Fsp3) is 0.316. The first kappa shape index (κ1) is 17.4. The number of nitrogens with zero attached hydrogens (tertiary/aromatic N) is 1. The highest BCUT2D eigenvalue weighted by Gasteiger charge is 2.36. The second-order valence-corrected chi connectivity index (χ2v) is 8.94. The molecule has 7 heteroatoms. The predicted octanol–water partition coefficient (Wildman–Crippen LogP) is 3.58. The molecule has 1 aliphatic carbocycles. The summed E-state index contributed by atoms with van der Waals surface area (Å²) in [4.78, 5) is 14.2. The Bertz CT molecular complexity index is 970. The van der Waals surface area contributed by atoms with E-state index in [1.165, 1.54) is 0 Å². The third-order valence-corrected chi connectivity index (χ3v) is 6.36. The lowest BCUT2D eigenvalue weighted by atomic mass is 10.1. The molecule has 26 heavy (non-hydrogen) atoms. The first-order chi connectivity index (χ1) is 12.4. The van der Waals surface area contributed by atoms with E-state index in [-0.39, 0.29) is 17.6 Å². The molecule has 2 aromatic rings. The van der Waals surface area contributed by atoms with Crippen molar-refractivity contribution in [2.45, 2.75) is 25.0 Å². The molecule has 136 valence electrons. The number of sulfonamides is 1. The zero-order valence-corrected chi connectivity index (χ0v) is 15.7. The molecular formula is C19H19ClN2O3S. The normalized spacial score (nSPS) is 16.4. The number of anilines is 2. The van der Waals surface area contributed by atoms with Crippen molar-refractivity contribution in [3.63, 3.8) is 0 Å². The maximum absolute atomic E-state index is 12.5. The summed E-state index contributed by atoms with van der Waals surface area (Å²) in [5, 5.41) is 0.424. The van der Waals surface area contributed by atoms with Crippen LogP contribution in [0.5, 0.6) is 0 Å². The van der Waals surface area contributed by atoms with Crippen LogP contribution in [0.3, 0.4) is 0 Å². The molecule has 1 saturated carbocycles. The van der Waals surface area contributed by atoms with E-state index in [1.54, 1.807) is 41.3 Å². The Balaban J connectivity index is 1.54. The molecule has 1 aliphatic heterocycles. The molecule has 1 fully saturated rings. The molecule has 2 aliphatic rings. The number of carbonyl (C=O) groups is 1. The number of fused-ring (bicyclic) bond motifs is 1. The number of rotatable bonds is 5. The molecule has 5 nitrogen and oxygen atoms in total. The van der Waals surface area contributed by atoms with Gasteiger partial charge in [0.15, 0.2) is 0 Å². The van der Waals surface area contributed by atoms with Gasteiger partial charge in [0.1, 0.15) is 0 Å². The van der Waals surface area contributed by atoms with Crippen molar-refractivity contribution >= 4 is 38.9 Å². The Morgan fingerprint density at radius 2 is 1.96 bits per heavy atom. The molecule has 2 aromatic carbocycles. The molecule has 0 unspecified atom stereocenters. The van der Waals surface area contributed by atoms with Crippen LogP contribution in [0.25, 0.3) is 0 Å². The first-order valence-corrected chi connectivity index (χ1v) is 10.6. The number of hydrogen-bond donors (Lipinski definition) is 1. The molecule has 4 rings (SSSR count). The number of halogens is 1. The molecule has 1 N–H and O–H groups in total. The largest absolute Gasteiger partial charge is 0.312 e. The summed E-state index contributed by atoms with van der Waals surface area (Å²) in [5.41, 5.74) is 2.91. The summed E-state index contributed by atoms with van der Waals surface area (Å²) in [7, 11) is -3.61. The number of hydrogen-bond acceptors (Lipinski definition) is 3. The summed E-state index contributed by atoms with van der Waals surface area (Å²) in [6.45, 7) is 0.667. The third kappa shape index (κ3) is 3.57.